The molecule has 2 N–H and O–H groups in total. The summed E-state index contributed by atoms with van der Waals surface area (Å²) >= 11 is 3.40. The van der Waals surface area contributed by atoms with Crippen LogP contribution in [-0.2, 0) is 0 Å². The van der Waals surface area contributed by atoms with Crippen LogP contribution in [0.1, 0.15) is 18.7 Å². The number of imidazole rings is 1. The van der Waals surface area contributed by atoms with Crippen molar-refractivity contribution in [2.24, 2.45) is 5.73 Å². The monoisotopic (exact) mass is 239 g/mol. The van der Waals surface area contributed by atoms with Crippen LogP contribution in [0.15, 0.2) is 29.0 Å². The Balaban J connectivity index is 2.62. The van der Waals surface area contributed by atoms with Crippen LogP contribution in [0.25, 0.3) is 5.65 Å². The zero-order chi connectivity index (χ0) is 9.42. The lowest BCUT2D eigenvalue weighted by molar-refractivity contribution is 0.790. The van der Waals surface area contributed by atoms with Crippen LogP contribution in [0, 0.1) is 0 Å². The van der Waals surface area contributed by atoms with E-state index in [-0.39, 0.29) is 6.04 Å². The number of halogens is 1. The van der Waals surface area contributed by atoms with Crippen molar-refractivity contribution < 1.29 is 0 Å². The summed E-state index contributed by atoms with van der Waals surface area (Å²) in [6.45, 7) is 1.93. The predicted octanol–water partition coefficient (Wildman–Crippen LogP) is 2.12. The second-order valence-electron chi connectivity index (χ2n) is 3.07. The van der Waals surface area contributed by atoms with Gasteiger partial charge in [0.1, 0.15) is 5.65 Å². The average Bonchev–Trinajstić information content (AvgIpc) is 2.46. The Bertz CT molecular complexity index is 433. The molecule has 0 aliphatic rings. The third-order valence-corrected chi connectivity index (χ3v) is 2.37. The van der Waals surface area contributed by atoms with Crippen molar-refractivity contribution in [2.45, 2.75) is 13.0 Å². The Hall–Kier alpha value is -0.870. The van der Waals surface area contributed by atoms with Gasteiger partial charge in [0.2, 0.25) is 0 Å². The number of rotatable bonds is 1. The second kappa shape index (κ2) is 3.12. The first-order chi connectivity index (χ1) is 6.16. The fourth-order valence-corrected chi connectivity index (χ4v) is 1.56. The van der Waals surface area contributed by atoms with Crippen LogP contribution >= 0.6 is 15.9 Å². The van der Waals surface area contributed by atoms with Gasteiger partial charge in [-0.3, -0.25) is 0 Å². The Labute approximate surface area is 84.7 Å². The average molecular weight is 240 g/mol. The molecule has 0 aliphatic carbocycles. The molecule has 1 atom stereocenters. The van der Waals surface area contributed by atoms with Crippen LogP contribution in [0.4, 0.5) is 0 Å². The Morgan fingerprint density at radius 2 is 2.23 bits per heavy atom. The summed E-state index contributed by atoms with van der Waals surface area (Å²) in [7, 11) is 0. The Morgan fingerprint density at radius 3 is 2.92 bits per heavy atom. The predicted molar refractivity (Wildman–Crippen MR) is 55.5 cm³/mol. The molecule has 2 heterocycles. The fourth-order valence-electron chi connectivity index (χ4n) is 1.20. The first-order valence-corrected chi connectivity index (χ1v) is 4.86. The summed E-state index contributed by atoms with van der Waals surface area (Å²) in [5, 5.41) is 0. The van der Waals surface area contributed by atoms with Gasteiger partial charge < -0.3 is 10.1 Å². The van der Waals surface area contributed by atoms with Crippen molar-refractivity contribution in [1.82, 2.24) is 9.38 Å². The molecule has 0 saturated heterocycles. The second-order valence-corrected chi connectivity index (χ2v) is 3.98. The van der Waals surface area contributed by atoms with Crippen LogP contribution in [0.3, 0.4) is 0 Å². The molecule has 0 spiro atoms. The van der Waals surface area contributed by atoms with E-state index >= 15 is 0 Å². The van der Waals surface area contributed by atoms with Crippen molar-refractivity contribution in [3.8, 4) is 0 Å². The molecular weight excluding hydrogens is 230 g/mol. The van der Waals surface area contributed by atoms with E-state index in [1.54, 1.807) is 0 Å². The highest BCUT2D eigenvalue weighted by Crippen LogP contribution is 2.14. The molecule has 68 valence electrons. The van der Waals surface area contributed by atoms with Crippen LogP contribution < -0.4 is 5.73 Å². The number of fused-ring (bicyclic) bond motifs is 1. The smallest absolute Gasteiger partial charge is 0.137 e. The minimum Gasteiger partial charge on any atom is -0.323 e. The highest BCUT2D eigenvalue weighted by atomic mass is 79.9. The van der Waals surface area contributed by atoms with E-state index in [0.29, 0.717) is 0 Å². The number of aromatic nitrogens is 2. The van der Waals surface area contributed by atoms with Crippen molar-refractivity contribution in [3.05, 3.63) is 34.7 Å². The van der Waals surface area contributed by atoms with Gasteiger partial charge in [-0.25, -0.2) is 4.98 Å². The highest BCUT2D eigenvalue weighted by molar-refractivity contribution is 9.10. The molecule has 0 aromatic carbocycles. The molecule has 0 bridgehead atoms. The summed E-state index contributed by atoms with van der Waals surface area (Å²) < 4.78 is 3.00. The Kier molecular flexibility index (Phi) is 2.09. The largest absolute Gasteiger partial charge is 0.323 e. The van der Waals surface area contributed by atoms with Gasteiger partial charge in [0.15, 0.2) is 0 Å². The molecule has 0 radical (unpaired) electrons. The topological polar surface area (TPSA) is 43.3 Å². The fraction of sp³-hybridized carbons (Fsp3) is 0.222. The normalized spacial score (nSPS) is 13.5. The van der Waals surface area contributed by atoms with Gasteiger partial charge in [-0.05, 0) is 35.0 Å². The van der Waals surface area contributed by atoms with Gasteiger partial charge in [0.05, 0.1) is 5.69 Å². The third-order valence-electron chi connectivity index (χ3n) is 1.90. The SMILES string of the molecule is CC(N)c1cn2cc(Br)ccc2n1. The molecular formula is C9H10BrN3. The van der Waals surface area contributed by atoms with Crippen LogP contribution in [0.5, 0.6) is 0 Å². The molecule has 13 heavy (non-hydrogen) atoms. The summed E-state index contributed by atoms with van der Waals surface area (Å²) in [4.78, 5) is 4.37. The standard InChI is InChI=1S/C9H10BrN3/c1-6(11)8-5-13-4-7(10)2-3-9(13)12-8/h2-6H,11H2,1H3. The van der Waals surface area contributed by atoms with Gasteiger partial charge in [0.25, 0.3) is 0 Å². The molecule has 0 fully saturated rings. The zero-order valence-electron chi connectivity index (χ0n) is 7.24. The van der Waals surface area contributed by atoms with E-state index in [1.807, 2.05) is 35.9 Å². The molecule has 0 amide bonds. The number of nitrogens with zero attached hydrogens (tertiary/aromatic N) is 2. The number of hydrogen-bond acceptors (Lipinski definition) is 2. The van der Waals surface area contributed by atoms with Gasteiger partial charge in [0, 0.05) is 22.9 Å². The lowest BCUT2D eigenvalue weighted by atomic mass is 10.3. The number of nitrogens with two attached hydrogens (primary N) is 1. The van der Waals surface area contributed by atoms with Crippen molar-refractivity contribution in [1.29, 1.82) is 0 Å². The molecule has 4 heteroatoms. The maximum Gasteiger partial charge on any atom is 0.137 e. The Morgan fingerprint density at radius 1 is 1.46 bits per heavy atom. The van der Waals surface area contributed by atoms with Crippen molar-refractivity contribution >= 4 is 21.6 Å². The van der Waals surface area contributed by atoms with Crippen molar-refractivity contribution in [2.75, 3.05) is 0 Å². The summed E-state index contributed by atoms with van der Waals surface area (Å²) in [6, 6.07) is 3.90. The first-order valence-electron chi connectivity index (χ1n) is 4.06. The number of pyridine rings is 1. The maximum absolute atomic E-state index is 5.73. The molecule has 0 aliphatic heterocycles. The minimum atomic E-state index is -0.0151. The molecule has 2 aromatic rings. The molecule has 3 nitrogen and oxygen atoms in total. The minimum absolute atomic E-state index is 0.0151. The van der Waals surface area contributed by atoms with E-state index in [9.17, 15) is 0 Å². The molecule has 2 rings (SSSR count). The summed E-state index contributed by atoms with van der Waals surface area (Å²) in [6.07, 6.45) is 3.92. The summed E-state index contributed by atoms with van der Waals surface area (Å²) in [5.74, 6) is 0. The van der Waals surface area contributed by atoms with E-state index in [0.717, 1.165) is 15.8 Å². The number of hydrogen-bond donors (Lipinski definition) is 1. The van der Waals surface area contributed by atoms with E-state index in [4.69, 9.17) is 5.73 Å². The van der Waals surface area contributed by atoms with Gasteiger partial charge >= 0.3 is 0 Å². The lowest BCUT2D eigenvalue weighted by Crippen LogP contribution is -2.04. The van der Waals surface area contributed by atoms with Crippen LogP contribution in [-0.4, -0.2) is 9.38 Å². The zero-order valence-corrected chi connectivity index (χ0v) is 8.82. The van der Waals surface area contributed by atoms with Gasteiger partial charge in [-0.2, -0.15) is 0 Å². The van der Waals surface area contributed by atoms with Crippen LogP contribution in [0.2, 0.25) is 0 Å². The molecule has 1 unspecified atom stereocenters. The van der Waals surface area contributed by atoms with E-state index in [2.05, 4.69) is 20.9 Å². The maximum atomic E-state index is 5.73. The summed E-state index contributed by atoms with van der Waals surface area (Å²) in [5.41, 5.74) is 7.57. The highest BCUT2D eigenvalue weighted by Gasteiger charge is 2.04. The lowest BCUT2D eigenvalue weighted by Gasteiger charge is -1.95. The van der Waals surface area contributed by atoms with E-state index in [1.165, 1.54) is 0 Å². The van der Waals surface area contributed by atoms with Gasteiger partial charge in [-0.15, -0.1) is 0 Å². The van der Waals surface area contributed by atoms with Gasteiger partial charge in [-0.1, -0.05) is 0 Å². The van der Waals surface area contributed by atoms with Crippen molar-refractivity contribution in [3.63, 3.8) is 0 Å². The quantitative estimate of drug-likeness (QED) is 0.829. The van der Waals surface area contributed by atoms with E-state index < -0.39 is 0 Å². The molecule has 2 aromatic heterocycles. The first kappa shape index (κ1) is 8.72. The third kappa shape index (κ3) is 1.59. The molecule has 0 saturated carbocycles.